The SMILES string of the molecule is [B]C([B])([B])Oc1c(Oc2cc(Cl)c(C([B])([B])[B])c(F)c2C(=O)OC)ccc(OC(F)(F)F)c1F. The van der Waals surface area contributed by atoms with Crippen molar-refractivity contribution >= 4 is 64.6 Å². The van der Waals surface area contributed by atoms with Gasteiger partial charge < -0.3 is 18.9 Å². The molecule has 2 rings (SSSR count). The minimum Gasteiger partial charge on any atom is -0.510 e. The molecule has 17 heteroatoms. The number of alkyl halides is 3. The Balaban J connectivity index is 2.74. The van der Waals surface area contributed by atoms with E-state index in [-0.39, 0.29) is 0 Å². The number of hydrogen-bond acceptors (Lipinski definition) is 5. The summed E-state index contributed by atoms with van der Waals surface area (Å²) in [6.07, 6.45) is -5.30. The average Bonchev–Trinajstić information content (AvgIpc) is 2.63. The van der Waals surface area contributed by atoms with Crippen molar-refractivity contribution in [2.24, 2.45) is 0 Å². The molecule has 0 aliphatic carbocycles. The third-order valence-electron chi connectivity index (χ3n) is 3.75. The van der Waals surface area contributed by atoms with Gasteiger partial charge >= 0.3 is 12.3 Å². The summed E-state index contributed by atoms with van der Waals surface area (Å²) in [7, 11) is 33.0. The lowest BCUT2D eigenvalue weighted by Crippen LogP contribution is -2.38. The summed E-state index contributed by atoms with van der Waals surface area (Å²) in [5.41, 5.74) is -1.68. The van der Waals surface area contributed by atoms with Crippen LogP contribution in [0.15, 0.2) is 18.2 Å². The Morgan fingerprint density at radius 3 is 1.94 bits per heavy atom. The van der Waals surface area contributed by atoms with E-state index < -0.39 is 73.5 Å². The van der Waals surface area contributed by atoms with Gasteiger partial charge in [0.25, 0.3) is 0 Å². The largest absolute Gasteiger partial charge is 0.573 e. The van der Waals surface area contributed by atoms with Gasteiger partial charge in [-0.1, -0.05) is 11.6 Å². The first-order chi connectivity index (χ1) is 15.4. The predicted octanol–water partition coefficient (Wildman–Crippen LogP) is 2.21. The van der Waals surface area contributed by atoms with Crippen LogP contribution in [0.3, 0.4) is 0 Å². The molecule has 0 unspecified atom stereocenters. The van der Waals surface area contributed by atoms with E-state index in [1.165, 1.54) is 0 Å². The van der Waals surface area contributed by atoms with Gasteiger partial charge in [-0.15, -0.1) is 18.3 Å². The van der Waals surface area contributed by atoms with Gasteiger partial charge in [-0.2, -0.15) is 4.39 Å². The summed E-state index contributed by atoms with van der Waals surface area (Å²) >= 11 is 5.96. The highest BCUT2D eigenvalue weighted by atomic mass is 35.5. The van der Waals surface area contributed by atoms with Crippen molar-refractivity contribution < 1.29 is 45.7 Å². The standard InChI is InChI=1S/C17H6B6ClF5O5/c1-31-14(30)9-8(4-5(24)10(12(9)26)15(18,19)20)32-7-3-2-6(33-17(27,28)29)11(25)13(7)34-16(21,22)23/h2-4H,1H3. The lowest BCUT2D eigenvalue weighted by molar-refractivity contribution is -0.275. The quantitative estimate of drug-likeness (QED) is 0.342. The molecule has 2 aromatic carbocycles. The van der Waals surface area contributed by atoms with Crippen LogP contribution in [0.1, 0.15) is 15.9 Å². The predicted molar refractivity (Wildman–Crippen MR) is 115 cm³/mol. The van der Waals surface area contributed by atoms with E-state index in [1.807, 2.05) is 0 Å². The molecule has 0 aliphatic heterocycles. The highest BCUT2D eigenvalue weighted by molar-refractivity contribution is 6.60. The number of methoxy groups -OCH3 is 1. The van der Waals surface area contributed by atoms with Crippen molar-refractivity contribution in [2.75, 3.05) is 7.11 Å². The molecule has 0 saturated heterocycles. The molecule has 2 aromatic rings. The maximum atomic E-state index is 15.1. The van der Waals surface area contributed by atoms with Crippen molar-refractivity contribution in [1.29, 1.82) is 0 Å². The van der Waals surface area contributed by atoms with Crippen LogP contribution in [0, 0.1) is 11.6 Å². The van der Waals surface area contributed by atoms with Gasteiger partial charge in [-0.05, 0) is 23.0 Å². The summed E-state index contributed by atoms with van der Waals surface area (Å²) in [5.74, 6) is -8.73. The van der Waals surface area contributed by atoms with Gasteiger partial charge in [-0.3, -0.25) is 0 Å². The molecule has 0 bridgehead atoms. The maximum absolute atomic E-state index is 15.1. The fourth-order valence-corrected chi connectivity index (χ4v) is 2.91. The normalized spacial score (nSPS) is 12.2. The average molecular weight is 486 g/mol. The fourth-order valence-electron chi connectivity index (χ4n) is 2.56. The number of carbonyl (C=O) groups is 1. The molecule has 0 amide bonds. The van der Waals surface area contributed by atoms with Crippen LogP contribution in [0.5, 0.6) is 23.0 Å². The molecule has 0 fully saturated rings. The minimum absolute atomic E-state index is 0.477. The molecule has 164 valence electrons. The second-order valence-corrected chi connectivity index (χ2v) is 7.06. The minimum atomic E-state index is -5.30. The van der Waals surface area contributed by atoms with Crippen molar-refractivity contribution in [3.05, 3.63) is 46.0 Å². The third kappa shape index (κ3) is 6.61. The van der Waals surface area contributed by atoms with E-state index in [4.69, 9.17) is 68.2 Å². The fraction of sp³-hybridized carbons (Fsp3) is 0.235. The van der Waals surface area contributed by atoms with Gasteiger partial charge in [0.15, 0.2) is 17.2 Å². The molecule has 0 spiro atoms. The van der Waals surface area contributed by atoms with Crippen LogP contribution in [-0.2, 0) is 9.85 Å². The van der Waals surface area contributed by atoms with Crippen molar-refractivity contribution in [1.82, 2.24) is 0 Å². The summed E-state index contributed by atoms with van der Waals surface area (Å²) in [5, 5.41) is -5.54. The van der Waals surface area contributed by atoms with Crippen LogP contribution in [-0.4, -0.2) is 71.8 Å². The van der Waals surface area contributed by atoms with Gasteiger partial charge in [0.1, 0.15) is 40.7 Å². The lowest BCUT2D eigenvalue weighted by atomic mass is 9.40. The molecule has 0 aliphatic rings. The second kappa shape index (κ2) is 9.71. The van der Waals surface area contributed by atoms with E-state index in [0.29, 0.717) is 12.1 Å². The highest BCUT2D eigenvalue weighted by Gasteiger charge is 2.35. The van der Waals surface area contributed by atoms with E-state index in [2.05, 4.69) is 9.47 Å². The zero-order valence-electron chi connectivity index (χ0n) is 17.0. The third-order valence-corrected chi connectivity index (χ3v) is 4.05. The molecule has 12 radical (unpaired) electrons. The first-order valence-electron chi connectivity index (χ1n) is 8.65. The molecule has 0 atom stereocenters. The number of carbonyl (C=O) groups excluding carboxylic acids is 1. The number of halogens is 6. The number of benzene rings is 2. The summed E-state index contributed by atoms with van der Waals surface area (Å²) < 4.78 is 85.6. The van der Waals surface area contributed by atoms with Crippen LogP contribution in [0.4, 0.5) is 22.0 Å². The van der Waals surface area contributed by atoms with Gasteiger partial charge in [0.2, 0.25) is 5.82 Å². The summed E-state index contributed by atoms with van der Waals surface area (Å²) in [4.78, 5) is 12.2. The number of esters is 1. The van der Waals surface area contributed by atoms with Gasteiger partial charge in [0.05, 0.1) is 30.6 Å². The summed E-state index contributed by atoms with van der Waals surface area (Å²) in [6.45, 7) is 0. The van der Waals surface area contributed by atoms with Crippen molar-refractivity contribution in [3.63, 3.8) is 0 Å². The summed E-state index contributed by atoms with van der Waals surface area (Å²) in [6, 6.07) is 1.96. The number of rotatable bonds is 7. The highest BCUT2D eigenvalue weighted by Crippen LogP contribution is 2.43. The molecular weight excluding hydrogens is 479 g/mol. The van der Waals surface area contributed by atoms with Crippen LogP contribution in [0.2, 0.25) is 5.02 Å². The van der Waals surface area contributed by atoms with Gasteiger partial charge in [-0.25, -0.2) is 9.18 Å². The molecule has 0 N–H and O–H groups in total. The van der Waals surface area contributed by atoms with Crippen LogP contribution >= 0.6 is 11.6 Å². The van der Waals surface area contributed by atoms with E-state index >= 15 is 4.39 Å². The van der Waals surface area contributed by atoms with Crippen LogP contribution < -0.4 is 14.2 Å². The molecular formula is C17H6B6ClF5O5. The molecule has 0 heterocycles. The molecule has 0 aromatic heterocycles. The Morgan fingerprint density at radius 1 is 0.912 bits per heavy atom. The molecule has 0 saturated carbocycles. The maximum Gasteiger partial charge on any atom is 0.573 e. The zero-order valence-corrected chi connectivity index (χ0v) is 17.8. The van der Waals surface area contributed by atoms with E-state index in [9.17, 15) is 22.4 Å². The van der Waals surface area contributed by atoms with Crippen LogP contribution in [0.25, 0.3) is 0 Å². The Hall–Kier alpha value is -2.36. The zero-order chi connectivity index (χ0) is 26.2. The lowest BCUT2D eigenvalue weighted by Gasteiger charge is -2.27. The second-order valence-electron chi connectivity index (χ2n) is 6.66. The topological polar surface area (TPSA) is 54.0 Å². The molecule has 34 heavy (non-hydrogen) atoms. The first-order valence-corrected chi connectivity index (χ1v) is 9.02. The van der Waals surface area contributed by atoms with E-state index in [0.717, 1.165) is 13.2 Å². The Bertz CT molecular complexity index is 1100. The number of hydrogen-bond donors (Lipinski definition) is 0. The van der Waals surface area contributed by atoms with Crippen molar-refractivity contribution in [3.8, 4) is 23.0 Å². The van der Waals surface area contributed by atoms with Crippen molar-refractivity contribution in [2.45, 2.75) is 16.8 Å². The van der Waals surface area contributed by atoms with Gasteiger partial charge in [0, 0.05) is 11.1 Å². The monoisotopic (exact) mass is 486 g/mol. The first kappa shape index (κ1) is 27.9. The van der Waals surface area contributed by atoms with E-state index in [1.54, 1.807) is 0 Å². The Morgan fingerprint density at radius 2 is 1.47 bits per heavy atom. The Kier molecular flexibility index (Phi) is 7.97. The molecule has 5 nitrogen and oxygen atoms in total. The Labute approximate surface area is 203 Å². The smallest absolute Gasteiger partial charge is 0.510 e. The number of ether oxygens (including phenoxy) is 4.